The second-order valence-corrected chi connectivity index (χ2v) is 9.92. The fraction of sp³-hybridized carbons (Fsp3) is 0.391. The molecule has 0 aromatic heterocycles. The Bertz CT molecular complexity index is 1030. The fourth-order valence-corrected chi connectivity index (χ4v) is 5.33. The van der Waals surface area contributed by atoms with Gasteiger partial charge in [-0.25, -0.2) is 13.2 Å². The number of rotatable bonds is 7. The van der Waals surface area contributed by atoms with Crippen LogP contribution in [0.3, 0.4) is 0 Å². The Balaban J connectivity index is 1.74. The zero-order chi connectivity index (χ0) is 23.3. The van der Waals surface area contributed by atoms with Gasteiger partial charge >= 0.3 is 6.03 Å². The van der Waals surface area contributed by atoms with E-state index < -0.39 is 28.0 Å². The van der Waals surface area contributed by atoms with Crippen LogP contribution in [-0.2, 0) is 14.8 Å². The third kappa shape index (κ3) is 5.35. The second kappa shape index (κ2) is 10.2. The topological polar surface area (TPSA) is 113 Å². The maximum atomic E-state index is 13.1. The number of hydrogen-bond donors (Lipinski definition) is 2. The van der Waals surface area contributed by atoms with Crippen LogP contribution in [0.15, 0.2) is 59.5 Å². The number of carbonyl (C=O) groups excluding carboxylic acids is 2. The summed E-state index contributed by atoms with van der Waals surface area (Å²) in [4.78, 5) is 26.1. The van der Waals surface area contributed by atoms with Crippen molar-refractivity contribution in [1.82, 2.24) is 14.5 Å². The average Bonchev–Trinajstić information content (AvgIpc) is 2.79. The van der Waals surface area contributed by atoms with E-state index in [9.17, 15) is 18.0 Å². The number of hydrogen-bond acceptors (Lipinski definition) is 5. The summed E-state index contributed by atoms with van der Waals surface area (Å²) in [5.74, 6) is -0.155. The molecule has 0 bridgehead atoms. The summed E-state index contributed by atoms with van der Waals surface area (Å²) in [5.41, 5.74) is 6.97. The number of amides is 3. The van der Waals surface area contributed by atoms with Crippen molar-refractivity contribution in [1.29, 1.82) is 0 Å². The van der Waals surface area contributed by atoms with Crippen molar-refractivity contribution in [2.45, 2.75) is 37.1 Å². The van der Waals surface area contributed by atoms with Crippen molar-refractivity contribution >= 4 is 22.0 Å². The van der Waals surface area contributed by atoms with Gasteiger partial charge in [0.05, 0.1) is 4.90 Å². The van der Waals surface area contributed by atoms with Crippen LogP contribution in [0.1, 0.15) is 43.4 Å². The summed E-state index contributed by atoms with van der Waals surface area (Å²) < 4.78 is 27.7. The lowest BCUT2D eigenvalue weighted by Gasteiger charge is -2.38. The quantitative estimate of drug-likeness (QED) is 0.662. The van der Waals surface area contributed by atoms with Crippen LogP contribution in [0.25, 0.3) is 0 Å². The molecule has 32 heavy (non-hydrogen) atoms. The summed E-state index contributed by atoms with van der Waals surface area (Å²) in [6, 6.07) is 14.5. The molecule has 1 aliphatic rings. The molecule has 3 amide bonds. The summed E-state index contributed by atoms with van der Waals surface area (Å²) in [6.45, 7) is 5.37. The minimum absolute atomic E-state index is 0.239. The lowest BCUT2D eigenvalue weighted by Crippen LogP contribution is -2.53. The number of carbonyl (C=O) groups is 2. The molecule has 0 spiro atoms. The van der Waals surface area contributed by atoms with Gasteiger partial charge in [0.25, 0.3) is 0 Å². The van der Waals surface area contributed by atoms with E-state index in [1.54, 1.807) is 24.3 Å². The van der Waals surface area contributed by atoms with Gasteiger partial charge < -0.3 is 5.73 Å². The first-order chi connectivity index (χ1) is 15.2. The molecular weight excluding hydrogens is 428 g/mol. The number of primary amides is 1. The number of imide groups is 1. The molecule has 3 N–H and O–H groups in total. The highest BCUT2D eigenvalue weighted by Crippen LogP contribution is 2.26. The zero-order valence-corrected chi connectivity index (χ0v) is 19.2. The number of piperazine rings is 1. The monoisotopic (exact) mass is 458 g/mol. The molecule has 0 aliphatic carbocycles. The number of benzene rings is 2. The molecule has 2 aromatic rings. The van der Waals surface area contributed by atoms with Crippen LogP contribution < -0.4 is 11.1 Å². The largest absolute Gasteiger partial charge is 0.351 e. The number of nitrogens with one attached hydrogen (secondary N) is 1. The van der Waals surface area contributed by atoms with Crippen LogP contribution in [0.4, 0.5) is 4.79 Å². The van der Waals surface area contributed by atoms with E-state index in [2.05, 4.69) is 19.2 Å². The highest BCUT2D eigenvalue weighted by Gasteiger charge is 2.34. The van der Waals surface area contributed by atoms with E-state index in [0.29, 0.717) is 24.6 Å². The molecule has 2 aromatic carbocycles. The smallest absolute Gasteiger partial charge is 0.318 e. The Kier molecular flexibility index (Phi) is 7.65. The normalized spacial score (nSPS) is 17.4. The first kappa shape index (κ1) is 23.9. The lowest BCUT2D eigenvalue weighted by molar-refractivity contribution is -0.126. The van der Waals surface area contributed by atoms with Gasteiger partial charge in [0.1, 0.15) is 6.04 Å². The highest BCUT2D eigenvalue weighted by atomic mass is 32.2. The summed E-state index contributed by atoms with van der Waals surface area (Å²) >= 11 is 0. The predicted molar refractivity (Wildman–Crippen MR) is 122 cm³/mol. The van der Waals surface area contributed by atoms with Crippen LogP contribution >= 0.6 is 0 Å². The van der Waals surface area contributed by atoms with Crippen LogP contribution in [0.2, 0.25) is 0 Å². The first-order valence-corrected chi connectivity index (χ1v) is 12.2. The maximum absolute atomic E-state index is 13.1. The van der Waals surface area contributed by atoms with Gasteiger partial charge in [0, 0.05) is 26.2 Å². The van der Waals surface area contributed by atoms with Crippen molar-refractivity contribution in [3.05, 3.63) is 65.7 Å². The standard InChI is InChI=1S/C23H30N4O4S/c1-3-17(2)18-9-11-20(12-10-18)32(30,31)27-15-13-26(14-16-27)21(22(28)25-23(24)29)19-7-5-4-6-8-19/h4-12,17,21H,3,13-16H2,1-2H3,(H3,24,25,28,29). The molecule has 0 radical (unpaired) electrons. The summed E-state index contributed by atoms with van der Waals surface area (Å²) in [6.07, 6.45) is 0.986. The lowest BCUT2D eigenvalue weighted by atomic mass is 9.99. The Morgan fingerprint density at radius 2 is 1.56 bits per heavy atom. The van der Waals surface area contributed by atoms with E-state index in [4.69, 9.17) is 5.73 Å². The van der Waals surface area contributed by atoms with Gasteiger partial charge in [-0.1, -0.05) is 56.3 Å². The number of sulfonamides is 1. The number of nitrogens with two attached hydrogens (primary N) is 1. The van der Waals surface area contributed by atoms with E-state index in [-0.39, 0.29) is 18.0 Å². The zero-order valence-electron chi connectivity index (χ0n) is 18.4. The van der Waals surface area contributed by atoms with E-state index >= 15 is 0 Å². The molecule has 2 atom stereocenters. The summed E-state index contributed by atoms with van der Waals surface area (Å²) in [5, 5.41) is 2.15. The molecule has 9 heteroatoms. The molecule has 2 unspecified atom stereocenters. The van der Waals surface area contributed by atoms with Gasteiger partial charge in [0.2, 0.25) is 15.9 Å². The first-order valence-electron chi connectivity index (χ1n) is 10.7. The minimum atomic E-state index is -3.63. The third-order valence-corrected chi connectivity index (χ3v) is 7.86. The van der Waals surface area contributed by atoms with Crippen molar-refractivity contribution in [2.24, 2.45) is 5.73 Å². The third-order valence-electron chi connectivity index (χ3n) is 5.95. The van der Waals surface area contributed by atoms with Crippen LogP contribution in [-0.4, -0.2) is 55.7 Å². The van der Waals surface area contributed by atoms with E-state index in [0.717, 1.165) is 12.0 Å². The Hall–Kier alpha value is -2.75. The van der Waals surface area contributed by atoms with E-state index in [1.807, 2.05) is 35.2 Å². The molecule has 8 nitrogen and oxygen atoms in total. The minimum Gasteiger partial charge on any atom is -0.351 e. The molecule has 1 aliphatic heterocycles. The molecule has 172 valence electrons. The van der Waals surface area contributed by atoms with Crippen molar-refractivity contribution in [3.63, 3.8) is 0 Å². The Labute approximate surface area is 189 Å². The molecule has 1 fully saturated rings. The van der Waals surface area contributed by atoms with E-state index in [1.165, 1.54) is 4.31 Å². The van der Waals surface area contributed by atoms with Gasteiger partial charge in [-0.2, -0.15) is 4.31 Å². The molecule has 3 rings (SSSR count). The van der Waals surface area contributed by atoms with Crippen molar-refractivity contribution < 1.29 is 18.0 Å². The Morgan fingerprint density at radius 3 is 2.09 bits per heavy atom. The van der Waals surface area contributed by atoms with Gasteiger partial charge in [-0.15, -0.1) is 0 Å². The average molecular weight is 459 g/mol. The molecule has 0 saturated carbocycles. The number of urea groups is 1. The van der Waals surface area contributed by atoms with Gasteiger partial charge in [-0.3, -0.25) is 15.0 Å². The SMILES string of the molecule is CCC(C)c1ccc(S(=O)(=O)N2CCN(C(C(=O)NC(N)=O)c3ccccc3)CC2)cc1. The highest BCUT2D eigenvalue weighted by molar-refractivity contribution is 7.89. The van der Waals surface area contributed by atoms with Gasteiger partial charge in [0.15, 0.2) is 0 Å². The number of nitrogens with zero attached hydrogens (tertiary/aromatic N) is 2. The maximum Gasteiger partial charge on any atom is 0.318 e. The predicted octanol–water partition coefficient (Wildman–Crippen LogP) is 2.44. The summed E-state index contributed by atoms with van der Waals surface area (Å²) in [7, 11) is -3.63. The second-order valence-electron chi connectivity index (χ2n) is 7.99. The fourth-order valence-electron chi connectivity index (χ4n) is 3.91. The molecular formula is C23H30N4O4S. The van der Waals surface area contributed by atoms with Crippen LogP contribution in [0, 0.1) is 0 Å². The van der Waals surface area contributed by atoms with Crippen LogP contribution in [0.5, 0.6) is 0 Å². The van der Waals surface area contributed by atoms with Crippen molar-refractivity contribution in [3.8, 4) is 0 Å². The van der Waals surface area contributed by atoms with Crippen molar-refractivity contribution in [2.75, 3.05) is 26.2 Å². The van der Waals surface area contributed by atoms with Gasteiger partial charge in [-0.05, 0) is 35.6 Å². The Morgan fingerprint density at radius 1 is 0.969 bits per heavy atom. The molecule has 1 heterocycles. The molecule has 1 saturated heterocycles.